The van der Waals surface area contributed by atoms with E-state index < -0.39 is 0 Å². The Morgan fingerprint density at radius 1 is 0.571 bits per heavy atom. The third kappa shape index (κ3) is 5.08. The van der Waals surface area contributed by atoms with Gasteiger partial charge < -0.3 is 9.80 Å². The Morgan fingerprint density at radius 3 is 1.23 bits per heavy atom. The molecular weight excluding hydrogens is 424 g/mol. The van der Waals surface area contributed by atoms with Gasteiger partial charge in [-0.3, -0.25) is 0 Å². The molecule has 0 unspecified atom stereocenters. The summed E-state index contributed by atoms with van der Waals surface area (Å²) in [5.74, 6) is 3.26. The summed E-state index contributed by atoms with van der Waals surface area (Å²) in [4.78, 5) is 4.90. The highest BCUT2D eigenvalue weighted by Crippen LogP contribution is 2.45. The van der Waals surface area contributed by atoms with Gasteiger partial charge in [0.05, 0.1) is 11.4 Å². The normalized spacial score (nSPS) is 16.7. The van der Waals surface area contributed by atoms with Crippen LogP contribution in [0.5, 0.6) is 0 Å². The van der Waals surface area contributed by atoms with Crippen molar-refractivity contribution >= 4 is 11.4 Å². The molecule has 1 aliphatic heterocycles. The number of para-hydroxylation sites is 2. The van der Waals surface area contributed by atoms with Crippen LogP contribution in [0.1, 0.15) is 101 Å². The lowest BCUT2D eigenvalue weighted by Gasteiger charge is -2.33. The van der Waals surface area contributed by atoms with Gasteiger partial charge in [0.1, 0.15) is 5.82 Å². The standard InChI is InChI=1S/C33H42N2/c1-22(2)27-15-11-16-28(23(3)4)32(27)34-19-20-35(31(34)21-26-13-9-10-14-26)33-29(24(5)6)17-12-18-30(33)25(7)8/h9-26H,1-8H3. The SMILES string of the molecule is CC(C)c1cccc(C(C)C)c1N1C=CN(c2c(C(C)C)cccc2C(C)C)C1=CC1[CH][CH][CH][CH]1. The van der Waals surface area contributed by atoms with Crippen molar-refractivity contribution in [2.75, 3.05) is 9.80 Å². The minimum atomic E-state index is 0.289. The first-order valence-corrected chi connectivity index (χ1v) is 13.3. The Balaban J connectivity index is 1.94. The van der Waals surface area contributed by atoms with Crippen LogP contribution in [0.3, 0.4) is 0 Å². The Bertz CT molecular complexity index is 952. The lowest BCUT2D eigenvalue weighted by Crippen LogP contribution is -2.27. The van der Waals surface area contributed by atoms with Crippen LogP contribution in [0.4, 0.5) is 11.4 Å². The van der Waals surface area contributed by atoms with Gasteiger partial charge in [0.25, 0.3) is 0 Å². The van der Waals surface area contributed by atoms with Crippen molar-refractivity contribution in [3.05, 3.63) is 109 Å². The molecule has 0 N–H and O–H groups in total. The molecule has 1 fully saturated rings. The largest absolute Gasteiger partial charge is 0.301 e. The zero-order valence-corrected chi connectivity index (χ0v) is 22.8. The van der Waals surface area contributed by atoms with E-state index in [1.807, 2.05) is 0 Å². The lowest BCUT2D eigenvalue weighted by atomic mass is 9.91. The zero-order valence-electron chi connectivity index (χ0n) is 22.8. The molecule has 1 aliphatic carbocycles. The zero-order chi connectivity index (χ0) is 25.3. The summed E-state index contributed by atoms with van der Waals surface area (Å²) in [6.07, 6.45) is 15.8. The maximum atomic E-state index is 2.45. The third-order valence-electron chi connectivity index (χ3n) is 7.14. The molecule has 0 atom stereocenters. The molecule has 0 saturated heterocycles. The van der Waals surface area contributed by atoms with Crippen molar-refractivity contribution in [1.29, 1.82) is 0 Å². The molecule has 0 spiro atoms. The van der Waals surface area contributed by atoms with Gasteiger partial charge in [-0.25, -0.2) is 0 Å². The highest BCUT2D eigenvalue weighted by Gasteiger charge is 2.32. The summed E-state index contributed by atoms with van der Waals surface area (Å²) in [5.41, 5.74) is 8.25. The van der Waals surface area contributed by atoms with Gasteiger partial charge in [-0.15, -0.1) is 0 Å². The van der Waals surface area contributed by atoms with Gasteiger partial charge in [-0.1, -0.05) is 91.8 Å². The number of hydrogen-bond acceptors (Lipinski definition) is 2. The number of hydrogen-bond donors (Lipinski definition) is 0. The van der Waals surface area contributed by atoms with E-state index in [2.05, 4.69) is 146 Å². The Morgan fingerprint density at radius 2 is 0.914 bits per heavy atom. The van der Waals surface area contributed by atoms with Crippen LogP contribution in [-0.4, -0.2) is 0 Å². The number of anilines is 2. The molecule has 1 saturated carbocycles. The monoisotopic (exact) mass is 466 g/mol. The molecule has 0 amide bonds. The fraction of sp³-hybridized carbons (Fsp3) is 0.394. The van der Waals surface area contributed by atoms with Crippen LogP contribution in [0.15, 0.2) is 60.7 Å². The van der Waals surface area contributed by atoms with E-state index in [9.17, 15) is 0 Å². The summed E-state index contributed by atoms with van der Waals surface area (Å²) in [5, 5.41) is 0. The summed E-state index contributed by atoms with van der Waals surface area (Å²) in [6.45, 7) is 18.4. The Kier molecular flexibility index (Phi) is 7.79. The first kappa shape index (κ1) is 25.6. The highest BCUT2D eigenvalue weighted by atomic mass is 15.4. The molecule has 35 heavy (non-hydrogen) atoms. The van der Waals surface area contributed by atoms with Crippen LogP contribution >= 0.6 is 0 Å². The number of allylic oxidation sites excluding steroid dienone is 1. The Labute approximate surface area is 214 Å². The molecule has 0 bridgehead atoms. The maximum Gasteiger partial charge on any atom is 0.118 e. The van der Waals surface area contributed by atoms with Crippen LogP contribution < -0.4 is 9.80 Å². The fourth-order valence-electron chi connectivity index (χ4n) is 5.25. The molecule has 4 rings (SSSR count). The smallest absolute Gasteiger partial charge is 0.118 e. The van der Waals surface area contributed by atoms with Gasteiger partial charge in [0, 0.05) is 12.4 Å². The first-order chi connectivity index (χ1) is 16.7. The molecule has 2 heteroatoms. The van der Waals surface area contributed by atoms with E-state index in [-0.39, 0.29) is 5.92 Å². The Hall–Kier alpha value is -2.48. The lowest BCUT2D eigenvalue weighted by molar-refractivity contribution is 0.816. The van der Waals surface area contributed by atoms with Crippen molar-refractivity contribution < 1.29 is 0 Å². The summed E-state index contributed by atoms with van der Waals surface area (Å²) >= 11 is 0. The molecule has 1 heterocycles. The van der Waals surface area contributed by atoms with Crippen molar-refractivity contribution in [3.8, 4) is 0 Å². The van der Waals surface area contributed by atoms with E-state index in [1.54, 1.807) is 0 Å². The second-order valence-electron chi connectivity index (χ2n) is 11.1. The molecule has 184 valence electrons. The summed E-state index contributed by atoms with van der Waals surface area (Å²) in [6, 6.07) is 13.7. The van der Waals surface area contributed by atoms with Gasteiger partial charge in [0.15, 0.2) is 0 Å². The molecule has 2 aromatic rings. The average molecular weight is 467 g/mol. The van der Waals surface area contributed by atoms with Crippen molar-refractivity contribution in [2.24, 2.45) is 5.92 Å². The van der Waals surface area contributed by atoms with Crippen LogP contribution in [0, 0.1) is 31.6 Å². The van der Waals surface area contributed by atoms with Crippen LogP contribution in [0.2, 0.25) is 0 Å². The van der Waals surface area contributed by atoms with E-state index in [1.165, 1.54) is 39.4 Å². The second kappa shape index (κ2) is 10.6. The minimum absolute atomic E-state index is 0.289. The average Bonchev–Trinajstić information content (AvgIpc) is 3.48. The molecule has 4 radical (unpaired) electrons. The van der Waals surface area contributed by atoms with E-state index in [4.69, 9.17) is 0 Å². The number of rotatable bonds is 7. The quantitative estimate of drug-likeness (QED) is 0.401. The van der Waals surface area contributed by atoms with Gasteiger partial charge >= 0.3 is 0 Å². The van der Waals surface area contributed by atoms with Crippen molar-refractivity contribution in [1.82, 2.24) is 0 Å². The summed E-state index contributed by atoms with van der Waals surface area (Å²) < 4.78 is 0. The first-order valence-electron chi connectivity index (χ1n) is 13.3. The van der Waals surface area contributed by atoms with E-state index >= 15 is 0 Å². The summed E-state index contributed by atoms with van der Waals surface area (Å²) in [7, 11) is 0. The third-order valence-corrected chi connectivity index (χ3v) is 7.14. The minimum Gasteiger partial charge on any atom is -0.301 e. The van der Waals surface area contributed by atoms with E-state index in [0.717, 1.165) is 0 Å². The van der Waals surface area contributed by atoms with Crippen molar-refractivity contribution in [3.63, 3.8) is 0 Å². The maximum absolute atomic E-state index is 2.45. The predicted molar refractivity (Wildman–Crippen MR) is 152 cm³/mol. The molecule has 2 aliphatic rings. The van der Waals surface area contributed by atoms with Crippen LogP contribution in [-0.2, 0) is 0 Å². The topological polar surface area (TPSA) is 6.48 Å². The molecular formula is C33H42N2. The highest BCUT2D eigenvalue weighted by molar-refractivity contribution is 5.77. The van der Waals surface area contributed by atoms with Gasteiger partial charge in [-0.05, 0) is 83.6 Å². The molecule has 0 aromatic heterocycles. The van der Waals surface area contributed by atoms with Gasteiger partial charge in [-0.2, -0.15) is 0 Å². The fourth-order valence-corrected chi connectivity index (χ4v) is 5.25. The van der Waals surface area contributed by atoms with Crippen molar-refractivity contribution in [2.45, 2.75) is 79.1 Å². The molecule has 2 nitrogen and oxygen atoms in total. The predicted octanol–water partition coefficient (Wildman–Crippen LogP) is 9.27. The molecule has 2 aromatic carbocycles. The number of nitrogens with zero attached hydrogens (tertiary/aromatic N) is 2. The number of benzene rings is 2. The van der Waals surface area contributed by atoms with Crippen LogP contribution in [0.25, 0.3) is 0 Å². The van der Waals surface area contributed by atoms with E-state index in [0.29, 0.717) is 23.7 Å². The second-order valence-corrected chi connectivity index (χ2v) is 11.1. The van der Waals surface area contributed by atoms with Gasteiger partial charge in [0.2, 0.25) is 0 Å².